The Balaban J connectivity index is 1.75. The molecule has 2 amide bonds. The Morgan fingerprint density at radius 1 is 1.26 bits per heavy atom. The second-order valence-corrected chi connectivity index (χ2v) is 7.65. The predicted molar refractivity (Wildman–Crippen MR) is 97.3 cm³/mol. The molecule has 1 fully saturated rings. The predicted octanol–water partition coefficient (Wildman–Crippen LogP) is 3.31. The van der Waals surface area contributed by atoms with Gasteiger partial charge in [-0.15, -0.1) is 0 Å². The monoisotopic (exact) mass is 336 g/mol. The van der Waals surface area contributed by atoms with Crippen LogP contribution in [0.2, 0.25) is 0 Å². The molecule has 1 saturated heterocycles. The van der Waals surface area contributed by atoms with E-state index in [0.717, 1.165) is 26.1 Å². The zero-order valence-electron chi connectivity index (χ0n) is 14.4. The molecule has 5 heteroatoms. The highest BCUT2D eigenvalue weighted by atomic mass is 32.2. The lowest BCUT2D eigenvalue weighted by Gasteiger charge is -2.35. The van der Waals surface area contributed by atoms with Crippen LogP contribution in [0.1, 0.15) is 36.8 Å². The summed E-state index contributed by atoms with van der Waals surface area (Å²) in [5.41, 5.74) is 2.51. The van der Waals surface area contributed by atoms with Crippen LogP contribution in [-0.2, 0) is 4.74 Å². The molecule has 128 valence electrons. The molecule has 1 aromatic rings. The van der Waals surface area contributed by atoms with Crippen molar-refractivity contribution in [2.24, 2.45) is 0 Å². The van der Waals surface area contributed by atoms with Gasteiger partial charge in [0.25, 0.3) is 0 Å². The molecule has 2 rings (SSSR count). The number of carbonyl (C=O) groups is 1. The first kappa shape index (κ1) is 18.1. The average Bonchev–Trinajstić information content (AvgIpc) is 2.59. The summed E-state index contributed by atoms with van der Waals surface area (Å²) < 4.78 is 5.55. The standard InChI is InChI=1S/C18H28N2O2S/c1-14-4-6-16(7-5-14)15(2)12-19-17(21)20-13-18(23-3)8-10-22-11-9-18/h4-7,15H,8-13H2,1-3H3,(H2,19,20,21)/t15-/m1/s1. The van der Waals surface area contributed by atoms with Gasteiger partial charge in [0.2, 0.25) is 0 Å². The Morgan fingerprint density at radius 2 is 1.91 bits per heavy atom. The Kier molecular flexibility index (Phi) is 6.78. The number of urea groups is 1. The lowest BCUT2D eigenvalue weighted by atomic mass is 9.99. The molecule has 0 spiro atoms. The Hall–Kier alpha value is -1.20. The Labute approximate surface area is 143 Å². The molecule has 0 bridgehead atoms. The van der Waals surface area contributed by atoms with E-state index in [4.69, 9.17) is 4.74 Å². The van der Waals surface area contributed by atoms with Gasteiger partial charge >= 0.3 is 6.03 Å². The number of benzene rings is 1. The van der Waals surface area contributed by atoms with Crippen LogP contribution in [-0.4, -0.2) is 43.3 Å². The molecular formula is C18H28N2O2S. The summed E-state index contributed by atoms with van der Waals surface area (Å²) in [5, 5.41) is 6.02. The first-order chi connectivity index (χ1) is 11.0. The molecule has 0 aliphatic carbocycles. The van der Waals surface area contributed by atoms with Crippen molar-refractivity contribution in [3.63, 3.8) is 0 Å². The second-order valence-electron chi connectivity index (χ2n) is 6.37. The normalized spacial score (nSPS) is 18.2. The number of carbonyl (C=O) groups excluding carboxylic acids is 1. The second kappa shape index (κ2) is 8.60. The summed E-state index contributed by atoms with van der Waals surface area (Å²) in [6, 6.07) is 8.40. The van der Waals surface area contributed by atoms with Gasteiger partial charge in [-0.05, 0) is 37.5 Å². The van der Waals surface area contributed by atoms with E-state index >= 15 is 0 Å². The highest BCUT2D eigenvalue weighted by Gasteiger charge is 2.32. The molecule has 2 N–H and O–H groups in total. The van der Waals surface area contributed by atoms with E-state index in [0.29, 0.717) is 19.0 Å². The first-order valence-electron chi connectivity index (χ1n) is 8.26. The maximum atomic E-state index is 12.1. The molecule has 23 heavy (non-hydrogen) atoms. The van der Waals surface area contributed by atoms with Crippen molar-refractivity contribution in [3.05, 3.63) is 35.4 Å². The van der Waals surface area contributed by atoms with Gasteiger partial charge in [0, 0.05) is 31.1 Å². The maximum Gasteiger partial charge on any atom is 0.314 e. The number of rotatable bonds is 6. The van der Waals surface area contributed by atoms with E-state index < -0.39 is 0 Å². The topological polar surface area (TPSA) is 50.4 Å². The van der Waals surface area contributed by atoms with Gasteiger partial charge in [-0.1, -0.05) is 36.8 Å². The van der Waals surface area contributed by atoms with Gasteiger partial charge in [-0.2, -0.15) is 11.8 Å². The van der Waals surface area contributed by atoms with Gasteiger partial charge in [0.1, 0.15) is 0 Å². The molecule has 4 nitrogen and oxygen atoms in total. The number of ether oxygens (including phenoxy) is 1. The van der Waals surface area contributed by atoms with E-state index in [2.05, 4.69) is 55.0 Å². The maximum absolute atomic E-state index is 12.1. The van der Waals surface area contributed by atoms with E-state index in [-0.39, 0.29) is 10.8 Å². The largest absolute Gasteiger partial charge is 0.381 e. The Bertz CT molecular complexity index is 498. The minimum atomic E-state index is -0.0797. The van der Waals surface area contributed by atoms with Gasteiger partial charge in [-0.25, -0.2) is 4.79 Å². The van der Waals surface area contributed by atoms with Crippen LogP contribution in [0.3, 0.4) is 0 Å². The van der Waals surface area contributed by atoms with Crippen molar-refractivity contribution in [2.75, 3.05) is 32.6 Å². The van der Waals surface area contributed by atoms with Crippen LogP contribution in [0.5, 0.6) is 0 Å². The van der Waals surface area contributed by atoms with E-state index in [1.165, 1.54) is 11.1 Å². The number of amides is 2. The zero-order valence-corrected chi connectivity index (χ0v) is 15.2. The minimum Gasteiger partial charge on any atom is -0.381 e. The molecule has 1 atom stereocenters. The number of hydrogen-bond donors (Lipinski definition) is 2. The summed E-state index contributed by atoms with van der Waals surface area (Å²) in [7, 11) is 0. The van der Waals surface area contributed by atoms with Crippen LogP contribution in [0.25, 0.3) is 0 Å². The first-order valence-corrected chi connectivity index (χ1v) is 9.48. The van der Waals surface area contributed by atoms with Gasteiger partial charge in [0.05, 0.1) is 0 Å². The van der Waals surface area contributed by atoms with Crippen LogP contribution in [0, 0.1) is 6.92 Å². The van der Waals surface area contributed by atoms with Crippen LogP contribution >= 0.6 is 11.8 Å². The lowest BCUT2D eigenvalue weighted by molar-refractivity contribution is 0.0777. The summed E-state index contributed by atoms with van der Waals surface area (Å²) in [6.07, 6.45) is 4.10. The smallest absolute Gasteiger partial charge is 0.314 e. The molecule has 1 aliphatic rings. The minimum absolute atomic E-state index is 0.0797. The summed E-state index contributed by atoms with van der Waals surface area (Å²) in [6.45, 7) is 7.13. The zero-order chi connectivity index (χ0) is 16.7. The molecule has 0 unspecified atom stereocenters. The van der Waals surface area contributed by atoms with Crippen LogP contribution in [0.4, 0.5) is 4.79 Å². The summed E-state index contributed by atoms with van der Waals surface area (Å²) >= 11 is 1.84. The molecule has 1 heterocycles. The molecule has 0 radical (unpaired) electrons. The van der Waals surface area contributed by atoms with Crippen LogP contribution < -0.4 is 10.6 Å². The van der Waals surface area contributed by atoms with E-state index in [1.807, 2.05) is 11.8 Å². The number of aryl methyl sites for hydroxylation is 1. The fraction of sp³-hybridized carbons (Fsp3) is 0.611. The molecule has 0 aromatic heterocycles. The highest BCUT2D eigenvalue weighted by Crippen LogP contribution is 2.32. The van der Waals surface area contributed by atoms with Crippen molar-refractivity contribution in [1.82, 2.24) is 10.6 Å². The van der Waals surface area contributed by atoms with Crippen LogP contribution in [0.15, 0.2) is 24.3 Å². The number of nitrogens with one attached hydrogen (secondary N) is 2. The van der Waals surface area contributed by atoms with Crippen molar-refractivity contribution in [3.8, 4) is 0 Å². The van der Waals surface area contributed by atoms with E-state index in [1.54, 1.807) is 0 Å². The fourth-order valence-corrected chi connectivity index (χ4v) is 3.55. The van der Waals surface area contributed by atoms with Gasteiger partial charge in [0.15, 0.2) is 0 Å². The molecular weight excluding hydrogens is 308 g/mol. The lowest BCUT2D eigenvalue weighted by Crippen LogP contribution is -2.47. The molecule has 1 aromatic carbocycles. The quantitative estimate of drug-likeness (QED) is 0.838. The summed E-state index contributed by atoms with van der Waals surface area (Å²) in [5.74, 6) is 0.305. The van der Waals surface area contributed by atoms with Crippen molar-refractivity contribution >= 4 is 17.8 Å². The average molecular weight is 337 g/mol. The fourth-order valence-electron chi connectivity index (χ4n) is 2.76. The third kappa shape index (κ3) is 5.43. The number of hydrogen-bond acceptors (Lipinski definition) is 3. The van der Waals surface area contributed by atoms with Gasteiger partial charge < -0.3 is 15.4 Å². The Morgan fingerprint density at radius 3 is 2.52 bits per heavy atom. The van der Waals surface area contributed by atoms with E-state index in [9.17, 15) is 4.79 Å². The molecule has 1 aliphatic heterocycles. The van der Waals surface area contributed by atoms with Gasteiger partial charge in [-0.3, -0.25) is 0 Å². The SMILES string of the molecule is CSC1(CNC(=O)NC[C@@H](C)c2ccc(C)cc2)CCOCC1. The summed E-state index contributed by atoms with van der Waals surface area (Å²) in [4.78, 5) is 12.1. The molecule has 0 saturated carbocycles. The van der Waals surface area contributed by atoms with Crippen molar-refractivity contribution in [1.29, 1.82) is 0 Å². The van der Waals surface area contributed by atoms with Crippen molar-refractivity contribution < 1.29 is 9.53 Å². The third-order valence-electron chi connectivity index (χ3n) is 4.62. The highest BCUT2D eigenvalue weighted by molar-refractivity contribution is 8.00. The third-order valence-corrected chi connectivity index (χ3v) is 6.04. The number of thioether (sulfide) groups is 1. The van der Waals surface area contributed by atoms with Crippen molar-refractivity contribution in [2.45, 2.75) is 37.4 Å².